The first kappa shape index (κ1) is 36.9. The van der Waals surface area contributed by atoms with Gasteiger partial charge >= 0.3 is 0 Å². The first-order valence-corrected chi connectivity index (χ1v) is 17.6. The molecule has 1 fully saturated rings. The molecule has 12 nitrogen and oxygen atoms in total. The van der Waals surface area contributed by atoms with Crippen LogP contribution in [0.5, 0.6) is 11.5 Å². The van der Waals surface area contributed by atoms with Gasteiger partial charge in [0.25, 0.3) is 5.91 Å². The highest BCUT2D eigenvalue weighted by atomic mass is 16.5. The number of hydrogen-bond donors (Lipinski definition) is 5. The molecule has 0 bridgehead atoms. The number of fused-ring (bicyclic) bond motifs is 1. The van der Waals surface area contributed by atoms with Crippen molar-refractivity contribution in [2.75, 3.05) is 26.8 Å². The summed E-state index contributed by atoms with van der Waals surface area (Å²) >= 11 is 0. The van der Waals surface area contributed by atoms with Crippen molar-refractivity contribution in [2.24, 2.45) is 0 Å². The van der Waals surface area contributed by atoms with E-state index < -0.39 is 47.7 Å². The highest BCUT2D eigenvalue weighted by Crippen LogP contribution is 2.30. The molecular formula is C39H47N5O7. The van der Waals surface area contributed by atoms with E-state index in [1.165, 1.54) is 0 Å². The molecule has 0 saturated heterocycles. The molecule has 12 heteroatoms. The third kappa shape index (κ3) is 10.3. The largest absolute Gasteiger partial charge is 0.497 e. The lowest BCUT2D eigenvalue weighted by atomic mass is 9.94. The molecule has 5 rings (SSSR count). The smallest absolute Gasteiger partial charge is 0.255 e. The second-order valence-electron chi connectivity index (χ2n) is 13.0. The Morgan fingerprint density at radius 2 is 1.65 bits per heavy atom. The van der Waals surface area contributed by atoms with Crippen LogP contribution in [0.1, 0.15) is 66.4 Å². The van der Waals surface area contributed by atoms with E-state index in [0.29, 0.717) is 57.2 Å². The Balaban J connectivity index is 1.36. The summed E-state index contributed by atoms with van der Waals surface area (Å²) in [6.45, 7) is 0.778. The highest BCUT2D eigenvalue weighted by molar-refractivity contribution is 6.01. The van der Waals surface area contributed by atoms with Gasteiger partial charge in [-0.1, -0.05) is 67.4 Å². The topological polar surface area (TPSA) is 164 Å². The lowest BCUT2D eigenvalue weighted by Crippen LogP contribution is -2.62. The van der Waals surface area contributed by atoms with E-state index in [-0.39, 0.29) is 31.0 Å². The fraction of sp³-hybridized carbons (Fsp3) is 0.410. The molecule has 1 heterocycles. The van der Waals surface area contributed by atoms with Gasteiger partial charge in [0, 0.05) is 19.5 Å². The minimum atomic E-state index is -1.26. The van der Waals surface area contributed by atoms with E-state index >= 15 is 0 Å². The molecule has 5 N–H and O–H groups in total. The Kier molecular flexibility index (Phi) is 13.0. The molecule has 3 aromatic carbocycles. The van der Waals surface area contributed by atoms with Crippen molar-refractivity contribution in [3.8, 4) is 11.5 Å². The molecule has 0 unspecified atom stereocenters. The number of carbonyl (C=O) groups is 5. The maximum absolute atomic E-state index is 14.0. The summed E-state index contributed by atoms with van der Waals surface area (Å²) in [5.41, 5.74) is 0.860. The van der Waals surface area contributed by atoms with Crippen molar-refractivity contribution < 1.29 is 33.4 Å². The number of benzene rings is 3. The van der Waals surface area contributed by atoms with Crippen molar-refractivity contribution in [3.05, 3.63) is 95.6 Å². The molecule has 3 aromatic rings. The number of hydrogen-bond acceptors (Lipinski definition) is 7. The Bertz CT molecular complexity index is 1680. The molecule has 1 aliphatic heterocycles. The fourth-order valence-corrected chi connectivity index (χ4v) is 6.52. The van der Waals surface area contributed by atoms with E-state index in [1.54, 1.807) is 31.4 Å². The molecule has 0 radical (unpaired) electrons. The van der Waals surface area contributed by atoms with Crippen LogP contribution in [-0.4, -0.2) is 74.0 Å². The lowest BCUT2D eigenvalue weighted by Gasteiger charge is -2.32. The fourth-order valence-electron chi connectivity index (χ4n) is 6.52. The van der Waals surface area contributed by atoms with Crippen LogP contribution in [-0.2, 0) is 32.0 Å². The van der Waals surface area contributed by atoms with Crippen LogP contribution in [0.2, 0.25) is 0 Å². The lowest BCUT2D eigenvalue weighted by molar-refractivity contribution is -0.136. The first-order valence-electron chi connectivity index (χ1n) is 17.6. The molecule has 1 aliphatic carbocycles. The molecule has 270 valence electrons. The summed E-state index contributed by atoms with van der Waals surface area (Å²) in [6, 6.07) is 21.6. The van der Waals surface area contributed by atoms with Gasteiger partial charge in [-0.3, -0.25) is 24.0 Å². The molecule has 0 aromatic heterocycles. The van der Waals surface area contributed by atoms with Crippen LogP contribution in [0.25, 0.3) is 0 Å². The van der Waals surface area contributed by atoms with Gasteiger partial charge in [0.15, 0.2) is 0 Å². The predicted molar refractivity (Wildman–Crippen MR) is 191 cm³/mol. The molecule has 5 amide bonds. The Morgan fingerprint density at radius 3 is 2.43 bits per heavy atom. The zero-order valence-corrected chi connectivity index (χ0v) is 29.0. The highest BCUT2D eigenvalue weighted by Gasteiger charge is 2.44. The maximum Gasteiger partial charge on any atom is 0.255 e. The Morgan fingerprint density at radius 1 is 0.902 bits per heavy atom. The number of aryl methyl sites for hydroxylation is 1. The van der Waals surface area contributed by atoms with Crippen LogP contribution < -0.4 is 36.1 Å². The average molecular weight is 698 g/mol. The van der Waals surface area contributed by atoms with Crippen molar-refractivity contribution in [2.45, 2.75) is 75.4 Å². The zero-order chi connectivity index (χ0) is 36.1. The Hall–Kier alpha value is -5.39. The van der Waals surface area contributed by atoms with Crippen molar-refractivity contribution >= 4 is 29.5 Å². The number of amides is 5. The molecule has 1 saturated carbocycles. The van der Waals surface area contributed by atoms with Gasteiger partial charge in [-0.2, -0.15) is 0 Å². The third-order valence-electron chi connectivity index (χ3n) is 9.27. The summed E-state index contributed by atoms with van der Waals surface area (Å²) in [7, 11) is 1.61. The van der Waals surface area contributed by atoms with Crippen LogP contribution in [0.3, 0.4) is 0 Å². The van der Waals surface area contributed by atoms with E-state index in [0.717, 1.165) is 16.9 Å². The van der Waals surface area contributed by atoms with E-state index in [9.17, 15) is 24.0 Å². The van der Waals surface area contributed by atoms with E-state index in [2.05, 4.69) is 26.6 Å². The number of ether oxygens (including phenoxy) is 2. The maximum atomic E-state index is 14.0. The van der Waals surface area contributed by atoms with Crippen LogP contribution in [0.15, 0.2) is 78.9 Å². The molecule has 2 aliphatic rings. The minimum absolute atomic E-state index is 0.197. The monoisotopic (exact) mass is 697 g/mol. The number of carbonyl (C=O) groups excluding carboxylic acids is 5. The van der Waals surface area contributed by atoms with Crippen LogP contribution >= 0.6 is 0 Å². The number of para-hydroxylation sites is 1. The summed E-state index contributed by atoms with van der Waals surface area (Å²) in [5.74, 6) is -1.43. The van der Waals surface area contributed by atoms with Crippen LogP contribution in [0.4, 0.5) is 0 Å². The van der Waals surface area contributed by atoms with E-state index in [1.807, 2.05) is 54.6 Å². The van der Waals surface area contributed by atoms with Gasteiger partial charge in [0.2, 0.25) is 23.6 Å². The summed E-state index contributed by atoms with van der Waals surface area (Å²) in [6.07, 6.45) is 3.75. The van der Waals surface area contributed by atoms with Gasteiger partial charge in [-0.25, -0.2) is 0 Å². The molecule has 51 heavy (non-hydrogen) atoms. The molecular weight excluding hydrogens is 650 g/mol. The SMILES string of the molecule is COc1cccc(CCCNC(=O)[C@@H]2CC(=O)NC3(CCCC3)C(=O)N[C@@H](Cc3ccccc3)C(=O)NCCCOc3ccccc3C(=O)N2)c1. The summed E-state index contributed by atoms with van der Waals surface area (Å²) < 4.78 is 11.2. The van der Waals surface area contributed by atoms with Crippen molar-refractivity contribution in [1.82, 2.24) is 26.6 Å². The van der Waals surface area contributed by atoms with Gasteiger partial charge in [0.05, 0.1) is 25.7 Å². The minimum Gasteiger partial charge on any atom is -0.497 e. The van der Waals surface area contributed by atoms with Crippen molar-refractivity contribution in [3.63, 3.8) is 0 Å². The average Bonchev–Trinajstić information content (AvgIpc) is 3.62. The number of methoxy groups -OCH3 is 1. The zero-order valence-electron chi connectivity index (χ0n) is 29.0. The predicted octanol–water partition coefficient (Wildman–Crippen LogP) is 2.99. The third-order valence-corrected chi connectivity index (χ3v) is 9.27. The second kappa shape index (κ2) is 18.0. The second-order valence-corrected chi connectivity index (χ2v) is 13.0. The van der Waals surface area contributed by atoms with Gasteiger partial charge in [0.1, 0.15) is 29.1 Å². The quantitative estimate of drug-likeness (QED) is 0.226. The number of rotatable bonds is 8. The number of nitrogens with one attached hydrogen (secondary N) is 5. The van der Waals surface area contributed by atoms with Crippen molar-refractivity contribution in [1.29, 1.82) is 0 Å². The van der Waals surface area contributed by atoms with Gasteiger partial charge < -0.3 is 36.1 Å². The molecule has 2 atom stereocenters. The first-order chi connectivity index (χ1) is 24.8. The normalized spacial score (nSPS) is 19.9. The van der Waals surface area contributed by atoms with Gasteiger partial charge in [-0.15, -0.1) is 0 Å². The summed E-state index contributed by atoms with van der Waals surface area (Å²) in [5, 5.41) is 14.4. The Labute approximate surface area is 298 Å². The van der Waals surface area contributed by atoms with Crippen LogP contribution in [0, 0.1) is 0 Å². The van der Waals surface area contributed by atoms with E-state index in [4.69, 9.17) is 9.47 Å². The summed E-state index contributed by atoms with van der Waals surface area (Å²) in [4.78, 5) is 68.3. The standard InChI is InChI=1S/C39H47N5O7/c1-50-29-16-9-14-27(24-29)15-10-21-40-37(48)32-26-34(45)44-39(19-7-8-20-39)38(49)43-31(25-28-12-3-2-4-13-28)36(47)41-22-11-23-51-33-18-6-5-17-30(33)35(46)42-32/h2-6,9,12-14,16-18,24,31-32H,7-8,10-11,15,19-23,25-26H2,1H3,(H,40,48)(H,41,47)(H,42,46)(H,43,49)(H,44,45)/t31-,32-/m0/s1. The molecule has 1 spiro atoms. The van der Waals surface area contributed by atoms with Gasteiger partial charge in [-0.05, 0) is 67.5 Å².